The maximum atomic E-state index is 11.5. The van der Waals surface area contributed by atoms with Gasteiger partial charge in [0, 0.05) is 17.1 Å². The molecule has 0 spiro atoms. The van der Waals surface area contributed by atoms with E-state index in [1.165, 1.54) is 6.07 Å². The van der Waals surface area contributed by atoms with Gasteiger partial charge in [0.2, 0.25) is 0 Å². The first-order valence-electron chi connectivity index (χ1n) is 5.84. The average Bonchev–Trinajstić information content (AvgIpc) is 2.35. The van der Waals surface area contributed by atoms with Gasteiger partial charge in [0.15, 0.2) is 0 Å². The summed E-state index contributed by atoms with van der Waals surface area (Å²) in [7, 11) is 0. The molecule has 19 heavy (non-hydrogen) atoms. The van der Waals surface area contributed by atoms with Crippen LogP contribution in [0.25, 0.3) is 0 Å². The molecule has 1 aromatic carbocycles. The summed E-state index contributed by atoms with van der Waals surface area (Å²) in [6.45, 7) is 4.29. The second-order valence-electron chi connectivity index (χ2n) is 3.71. The van der Waals surface area contributed by atoms with Gasteiger partial charge < -0.3 is 9.64 Å². The van der Waals surface area contributed by atoms with Crippen LogP contribution in [0.15, 0.2) is 22.7 Å². The molecule has 1 aromatic rings. The highest BCUT2D eigenvalue weighted by atomic mass is 79.9. The number of rotatable bonds is 6. The van der Waals surface area contributed by atoms with E-state index in [0.29, 0.717) is 12.2 Å². The number of anilines is 1. The van der Waals surface area contributed by atoms with Crippen LogP contribution >= 0.6 is 15.9 Å². The Labute approximate surface area is 119 Å². The molecule has 0 bridgehead atoms. The Bertz CT molecular complexity index is 479. The van der Waals surface area contributed by atoms with Crippen molar-refractivity contribution in [1.29, 1.82) is 0 Å². The highest BCUT2D eigenvalue weighted by Crippen LogP contribution is 2.31. The fourth-order valence-electron chi connectivity index (χ4n) is 1.63. The van der Waals surface area contributed by atoms with Crippen LogP contribution in [0.2, 0.25) is 0 Å². The third-order valence-electron chi connectivity index (χ3n) is 2.48. The molecule has 6 nitrogen and oxygen atoms in total. The number of halogens is 1. The molecule has 0 unspecified atom stereocenters. The highest BCUT2D eigenvalue weighted by molar-refractivity contribution is 9.10. The zero-order chi connectivity index (χ0) is 14.4. The van der Waals surface area contributed by atoms with Gasteiger partial charge in [-0.15, -0.1) is 0 Å². The Morgan fingerprint density at radius 2 is 2.16 bits per heavy atom. The van der Waals surface area contributed by atoms with Gasteiger partial charge in [-0.05, 0) is 26.0 Å². The van der Waals surface area contributed by atoms with E-state index in [9.17, 15) is 14.9 Å². The number of nitro benzene ring substituents is 1. The summed E-state index contributed by atoms with van der Waals surface area (Å²) in [5.41, 5.74) is 0.365. The summed E-state index contributed by atoms with van der Waals surface area (Å²) in [6, 6.07) is 4.63. The molecule has 0 heterocycles. The van der Waals surface area contributed by atoms with Gasteiger partial charge in [-0.1, -0.05) is 15.9 Å². The van der Waals surface area contributed by atoms with Crippen LogP contribution in [0.1, 0.15) is 13.8 Å². The molecule has 0 saturated heterocycles. The molecule has 0 aliphatic rings. The number of carbonyl (C=O) groups is 1. The zero-order valence-electron chi connectivity index (χ0n) is 10.8. The van der Waals surface area contributed by atoms with Crippen LogP contribution in [0.5, 0.6) is 0 Å². The van der Waals surface area contributed by atoms with Crippen molar-refractivity contribution in [3.05, 3.63) is 32.8 Å². The lowest BCUT2D eigenvalue weighted by molar-refractivity contribution is -0.384. The largest absolute Gasteiger partial charge is 0.465 e. The smallest absolute Gasteiger partial charge is 0.325 e. The molecule has 0 aromatic heterocycles. The van der Waals surface area contributed by atoms with Crippen molar-refractivity contribution >= 4 is 33.3 Å². The van der Waals surface area contributed by atoms with E-state index in [1.54, 1.807) is 24.0 Å². The molecule has 104 valence electrons. The Morgan fingerprint density at radius 3 is 2.68 bits per heavy atom. The molecule has 0 amide bonds. The topological polar surface area (TPSA) is 72.7 Å². The lowest BCUT2D eigenvalue weighted by Gasteiger charge is -2.21. The lowest BCUT2D eigenvalue weighted by atomic mass is 10.2. The number of ether oxygens (including phenoxy) is 1. The first-order valence-corrected chi connectivity index (χ1v) is 6.63. The molecule has 0 aliphatic heterocycles. The van der Waals surface area contributed by atoms with E-state index in [-0.39, 0.29) is 18.8 Å². The first kappa shape index (κ1) is 15.4. The number of hydrogen-bond donors (Lipinski definition) is 0. The van der Waals surface area contributed by atoms with Gasteiger partial charge in [0.1, 0.15) is 12.2 Å². The van der Waals surface area contributed by atoms with Crippen LogP contribution < -0.4 is 4.90 Å². The van der Waals surface area contributed by atoms with E-state index in [1.807, 2.05) is 6.92 Å². The highest BCUT2D eigenvalue weighted by Gasteiger charge is 2.21. The summed E-state index contributed by atoms with van der Waals surface area (Å²) < 4.78 is 5.58. The molecule has 0 atom stereocenters. The number of carbonyl (C=O) groups excluding carboxylic acids is 1. The monoisotopic (exact) mass is 330 g/mol. The van der Waals surface area contributed by atoms with E-state index >= 15 is 0 Å². The number of hydrogen-bond acceptors (Lipinski definition) is 5. The van der Waals surface area contributed by atoms with Crippen LogP contribution in [0.4, 0.5) is 11.4 Å². The van der Waals surface area contributed by atoms with Crippen molar-refractivity contribution in [2.45, 2.75) is 13.8 Å². The van der Waals surface area contributed by atoms with Gasteiger partial charge in [-0.2, -0.15) is 0 Å². The third-order valence-corrected chi connectivity index (χ3v) is 2.98. The quantitative estimate of drug-likeness (QED) is 0.455. The Hall–Kier alpha value is -1.63. The summed E-state index contributed by atoms with van der Waals surface area (Å²) in [6.07, 6.45) is 0. The molecule has 0 N–H and O–H groups in total. The Balaban J connectivity index is 3.06. The molecule has 0 aliphatic carbocycles. The van der Waals surface area contributed by atoms with E-state index in [2.05, 4.69) is 15.9 Å². The molecule has 0 fully saturated rings. The van der Waals surface area contributed by atoms with E-state index < -0.39 is 10.9 Å². The minimum Gasteiger partial charge on any atom is -0.465 e. The maximum Gasteiger partial charge on any atom is 0.325 e. The van der Waals surface area contributed by atoms with Crippen molar-refractivity contribution in [1.82, 2.24) is 0 Å². The van der Waals surface area contributed by atoms with Crippen LogP contribution in [-0.2, 0) is 9.53 Å². The second-order valence-corrected chi connectivity index (χ2v) is 4.63. The fraction of sp³-hybridized carbons (Fsp3) is 0.417. The van der Waals surface area contributed by atoms with Gasteiger partial charge in [-0.25, -0.2) is 0 Å². The molecule has 7 heteroatoms. The predicted molar refractivity (Wildman–Crippen MR) is 75.3 cm³/mol. The number of esters is 1. The summed E-state index contributed by atoms with van der Waals surface area (Å²) in [5, 5.41) is 11.0. The van der Waals surface area contributed by atoms with Gasteiger partial charge in [0.25, 0.3) is 5.69 Å². The minimum atomic E-state index is -0.463. The fourth-order valence-corrected chi connectivity index (χ4v) is 1.98. The number of likely N-dealkylation sites (N-methyl/N-ethyl adjacent to an activating group) is 1. The second kappa shape index (κ2) is 7.08. The molecule has 0 radical (unpaired) electrons. The van der Waals surface area contributed by atoms with Crippen molar-refractivity contribution < 1.29 is 14.5 Å². The summed E-state index contributed by atoms with van der Waals surface area (Å²) >= 11 is 3.27. The molecule has 1 rings (SSSR count). The minimum absolute atomic E-state index is 0.0123. The van der Waals surface area contributed by atoms with Crippen molar-refractivity contribution in [2.75, 3.05) is 24.6 Å². The first-order chi connectivity index (χ1) is 8.99. The number of nitrogens with zero attached hydrogens (tertiary/aromatic N) is 2. The SMILES string of the molecule is CCOC(=O)CN(CC)c1cc(Br)ccc1[N+](=O)[O-]. The maximum absolute atomic E-state index is 11.5. The van der Waals surface area contributed by atoms with Crippen molar-refractivity contribution in [2.24, 2.45) is 0 Å². The third kappa shape index (κ3) is 4.20. The number of nitro groups is 1. The van der Waals surface area contributed by atoms with E-state index in [4.69, 9.17) is 4.74 Å². The average molecular weight is 331 g/mol. The molecule has 0 saturated carbocycles. The normalized spacial score (nSPS) is 10.1. The van der Waals surface area contributed by atoms with Crippen molar-refractivity contribution in [3.8, 4) is 0 Å². The Kier molecular flexibility index (Phi) is 5.75. The zero-order valence-corrected chi connectivity index (χ0v) is 12.3. The van der Waals surface area contributed by atoms with Gasteiger partial charge in [0.05, 0.1) is 11.5 Å². The molecular formula is C12H15BrN2O4. The summed E-state index contributed by atoms with van der Waals surface area (Å²) in [4.78, 5) is 23.7. The lowest BCUT2D eigenvalue weighted by Crippen LogP contribution is -2.31. The standard InChI is InChI=1S/C12H15BrN2O4/c1-3-14(8-12(16)19-4-2)11-7-9(13)5-6-10(11)15(17)18/h5-7H,3-4,8H2,1-2H3. The van der Waals surface area contributed by atoms with Crippen LogP contribution in [0.3, 0.4) is 0 Å². The number of benzene rings is 1. The predicted octanol–water partition coefficient (Wildman–Crippen LogP) is 2.75. The Morgan fingerprint density at radius 1 is 1.47 bits per heavy atom. The van der Waals surface area contributed by atoms with Gasteiger partial charge >= 0.3 is 5.97 Å². The van der Waals surface area contributed by atoms with Crippen molar-refractivity contribution in [3.63, 3.8) is 0 Å². The van der Waals surface area contributed by atoms with Gasteiger partial charge in [-0.3, -0.25) is 14.9 Å². The van der Waals surface area contributed by atoms with E-state index in [0.717, 1.165) is 4.47 Å². The molecular weight excluding hydrogens is 316 g/mol. The van der Waals surface area contributed by atoms with Crippen LogP contribution in [0, 0.1) is 10.1 Å². The van der Waals surface area contributed by atoms with Crippen LogP contribution in [-0.4, -0.2) is 30.6 Å². The summed E-state index contributed by atoms with van der Waals surface area (Å²) in [5.74, 6) is -0.404.